The highest BCUT2D eigenvalue weighted by molar-refractivity contribution is 5.93. The molecule has 0 spiro atoms. The van der Waals surface area contributed by atoms with Crippen LogP contribution >= 0.6 is 0 Å². The predicted molar refractivity (Wildman–Crippen MR) is 144 cm³/mol. The van der Waals surface area contributed by atoms with Gasteiger partial charge in [0.2, 0.25) is 11.8 Å². The number of aromatic nitrogens is 6. The van der Waals surface area contributed by atoms with Crippen molar-refractivity contribution in [3.8, 4) is 22.9 Å². The molecular weight excluding hydrogens is 466 g/mol. The summed E-state index contributed by atoms with van der Waals surface area (Å²) in [5.41, 5.74) is 6.07. The SMILES string of the molecule is CCn1nc(OC(C)C)c2c1CN(C1CC1)C[C@@H](C)Oc1c(cnn1C)-c1ccc3n[nH]c(c3c1)/C=C/2. The van der Waals surface area contributed by atoms with E-state index in [2.05, 4.69) is 63.0 Å². The summed E-state index contributed by atoms with van der Waals surface area (Å²) in [5.74, 6) is 1.46. The lowest BCUT2D eigenvalue weighted by atomic mass is 10.1. The summed E-state index contributed by atoms with van der Waals surface area (Å²) in [7, 11) is 1.94. The number of rotatable bonds is 4. The largest absolute Gasteiger partial charge is 0.473 e. The minimum absolute atomic E-state index is 0.0172. The summed E-state index contributed by atoms with van der Waals surface area (Å²) in [6, 6.07) is 6.84. The molecule has 4 aromatic rings. The average molecular weight is 502 g/mol. The maximum atomic E-state index is 6.57. The van der Waals surface area contributed by atoms with Gasteiger partial charge in [0.05, 0.1) is 40.3 Å². The molecule has 2 bridgehead atoms. The summed E-state index contributed by atoms with van der Waals surface area (Å²) in [4.78, 5) is 2.54. The Labute approximate surface area is 217 Å². The van der Waals surface area contributed by atoms with Crippen LogP contribution in [-0.2, 0) is 20.1 Å². The number of H-pyrrole nitrogens is 1. The van der Waals surface area contributed by atoms with Gasteiger partial charge in [-0.1, -0.05) is 6.07 Å². The van der Waals surface area contributed by atoms with Crippen molar-refractivity contribution in [2.24, 2.45) is 7.05 Å². The molecule has 4 heterocycles. The van der Waals surface area contributed by atoms with Gasteiger partial charge in [0, 0.05) is 38.1 Å². The van der Waals surface area contributed by atoms with Crippen LogP contribution in [0, 0.1) is 0 Å². The number of hydrogen-bond donors (Lipinski definition) is 1. The van der Waals surface area contributed by atoms with E-state index in [1.165, 1.54) is 12.8 Å². The second-order valence-corrected chi connectivity index (χ2v) is 10.4. The minimum Gasteiger partial charge on any atom is -0.473 e. The van der Waals surface area contributed by atoms with Gasteiger partial charge in [-0.15, -0.1) is 5.10 Å². The number of nitrogens with zero attached hydrogens (tertiary/aromatic N) is 6. The van der Waals surface area contributed by atoms with Crippen LogP contribution in [0.1, 0.15) is 57.5 Å². The fourth-order valence-corrected chi connectivity index (χ4v) is 5.18. The summed E-state index contributed by atoms with van der Waals surface area (Å²) in [6.07, 6.45) is 8.55. The molecule has 1 aliphatic heterocycles. The number of hydrogen-bond acceptors (Lipinski definition) is 6. The topological polar surface area (TPSA) is 86.0 Å². The van der Waals surface area contributed by atoms with E-state index < -0.39 is 0 Å². The first kappa shape index (κ1) is 23.8. The smallest absolute Gasteiger partial charge is 0.240 e. The Morgan fingerprint density at radius 3 is 2.81 bits per heavy atom. The number of aryl methyl sites for hydroxylation is 2. The third-order valence-electron chi connectivity index (χ3n) is 7.13. The van der Waals surface area contributed by atoms with Gasteiger partial charge in [-0.3, -0.25) is 14.7 Å². The highest BCUT2D eigenvalue weighted by atomic mass is 16.5. The summed E-state index contributed by atoms with van der Waals surface area (Å²) in [6.45, 7) is 10.7. The van der Waals surface area contributed by atoms with E-state index in [0.717, 1.165) is 64.5 Å². The van der Waals surface area contributed by atoms with E-state index in [1.54, 1.807) is 0 Å². The van der Waals surface area contributed by atoms with Gasteiger partial charge in [-0.05, 0) is 70.4 Å². The monoisotopic (exact) mass is 501 g/mol. The molecule has 194 valence electrons. The first-order valence-electron chi connectivity index (χ1n) is 13.3. The highest BCUT2D eigenvalue weighted by Gasteiger charge is 2.33. The predicted octanol–water partition coefficient (Wildman–Crippen LogP) is 4.88. The van der Waals surface area contributed by atoms with E-state index in [-0.39, 0.29) is 12.2 Å². The highest BCUT2D eigenvalue weighted by Crippen LogP contribution is 2.36. The molecule has 1 fully saturated rings. The van der Waals surface area contributed by atoms with Crippen molar-refractivity contribution >= 4 is 23.1 Å². The number of ether oxygens (including phenoxy) is 2. The standard InChI is InChI=1S/C28H35N7O2/c1-6-35-26-16-34(20-8-9-20)15-18(4)37-28-23(14-29-33(28)5)19-7-11-24-22(13-19)25(31-30-24)12-10-21(26)27(32-35)36-17(2)3/h7,10-14,17-18,20H,6,8-9,15-16H2,1-5H3,(H,30,31)/b12-10+/t18-/m1/s1. The zero-order valence-electron chi connectivity index (χ0n) is 22.2. The molecule has 1 saturated carbocycles. The molecule has 1 N–H and O–H groups in total. The second-order valence-electron chi connectivity index (χ2n) is 10.4. The van der Waals surface area contributed by atoms with Gasteiger partial charge < -0.3 is 9.47 Å². The van der Waals surface area contributed by atoms with Crippen molar-refractivity contribution < 1.29 is 9.47 Å². The van der Waals surface area contributed by atoms with E-state index in [9.17, 15) is 0 Å². The number of aromatic amines is 1. The second kappa shape index (κ2) is 9.37. The minimum atomic E-state index is -0.0172. The van der Waals surface area contributed by atoms with Crippen LogP contribution in [-0.4, -0.2) is 59.5 Å². The molecule has 1 aliphatic carbocycles. The maximum Gasteiger partial charge on any atom is 0.240 e. The Kier molecular flexibility index (Phi) is 6.03. The van der Waals surface area contributed by atoms with Crippen molar-refractivity contribution in [1.82, 2.24) is 34.7 Å². The molecule has 9 heteroatoms. The van der Waals surface area contributed by atoms with Crippen LogP contribution in [0.2, 0.25) is 0 Å². The third kappa shape index (κ3) is 4.52. The van der Waals surface area contributed by atoms with Crippen molar-refractivity contribution in [2.75, 3.05) is 6.54 Å². The first-order valence-corrected chi connectivity index (χ1v) is 13.3. The normalized spacial score (nSPS) is 19.4. The van der Waals surface area contributed by atoms with E-state index in [0.29, 0.717) is 11.9 Å². The maximum absolute atomic E-state index is 6.57. The van der Waals surface area contributed by atoms with Crippen LogP contribution in [0.3, 0.4) is 0 Å². The third-order valence-corrected chi connectivity index (χ3v) is 7.13. The van der Waals surface area contributed by atoms with Gasteiger partial charge in [0.15, 0.2) is 0 Å². The van der Waals surface area contributed by atoms with Crippen molar-refractivity contribution in [2.45, 2.75) is 71.9 Å². The summed E-state index contributed by atoms with van der Waals surface area (Å²) >= 11 is 0. The Morgan fingerprint density at radius 2 is 2.05 bits per heavy atom. The molecule has 37 heavy (non-hydrogen) atoms. The average Bonchev–Trinajstić information content (AvgIpc) is 3.45. The molecule has 6 rings (SSSR count). The molecule has 1 aromatic carbocycles. The first-order chi connectivity index (χ1) is 17.9. The molecule has 2 aliphatic rings. The van der Waals surface area contributed by atoms with Crippen molar-refractivity contribution in [3.63, 3.8) is 0 Å². The molecule has 0 radical (unpaired) electrons. The van der Waals surface area contributed by atoms with E-state index >= 15 is 0 Å². The van der Waals surface area contributed by atoms with Gasteiger partial charge in [-0.25, -0.2) is 4.68 Å². The molecular formula is C28H35N7O2. The fraction of sp³-hybridized carbons (Fsp3) is 0.464. The lowest BCUT2D eigenvalue weighted by Crippen LogP contribution is -2.36. The summed E-state index contributed by atoms with van der Waals surface area (Å²) < 4.78 is 16.7. The molecule has 3 aromatic heterocycles. The van der Waals surface area contributed by atoms with Gasteiger partial charge >= 0.3 is 0 Å². The van der Waals surface area contributed by atoms with Crippen molar-refractivity contribution in [3.05, 3.63) is 41.3 Å². The number of fused-ring (bicyclic) bond motifs is 4. The van der Waals surface area contributed by atoms with Crippen molar-refractivity contribution in [1.29, 1.82) is 0 Å². The van der Waals surface area contributed by atoms with Crippen LogP contribution in [0.5, 0.6) is 11.8 Å². The molecule has 0 unspecified atom stereocenters. The molecule has 9 nitrogen and oxygen atoms in total. The Hall–Kier alpha value is -3.59. The Balaban J connectivity index is 1.53. The Morgan fingerprint density at radius 1 is 1.22 bits per heavy atom. The van der Waals surface area contributed by atoms with Gasteiger partial charge in [0.1, 0.15) is 6.10 Å². The van der Waals surface area contributed by atoms with E-state index in [4.69, 9.17) is 14.6 Å². The summed E-state index contributed by atoms with van der Waals surface area (Å²) in [5, 5.41) is 18.2. The van der Waals surface area contributed by atoms with Crippen LogP contribution in [0.25, 0.3) is 34.2 Å². The van der Waals surface area contributed by atoms with E-state index in [1.807, 2.05) is 37.8 Å². The van der Waals surface area contributed by atoms with Crippen LogP contribution < -0.4 is 9.47 Å². The quantitative estimate of drug-likeness (QED) is 0.429. The lowest BCUT2D eigenvalue weighted by molar-refractivity contribution is 0.125. The number of nitrogens with one attached hydrogen (secondary N) is 1. The zero-order valence-corrected chi connectivity index (χ0v) is 22.2. The number of benzene rings is 1. The Bertz CT molecular complexity index is 1460. The van der Waals surface area contributed by atoms with Crippen LogP contribution in [0.4, 0.5) is 0 Å². The molecule has 1 atom stereocenters. The van der Waals surface area contributed by atoms with Crippen LogP contribution in [0.15, 0.2) is 24.4 Å². The zero-order chi connectivity index (χ0) is 25.7. The lowest BCUT2D eigenvalue weighted by Gasteiger charge is -2.27. The molecule has 0 amide bonds. The van der Waals surface area contributed by atoms with Gasteiger partial charge in [0.25, 0.3) is 0 Å². The fourth-order valence-electron chi connectivity index (χ4n) is 5.18. The molecule has 0 saturated heterocycles. The van der Waals surface area contributed by atoms with Gasteiger partial charge in [-0.2, -0.15) is 10.2 Å².